The van der Waals surface area contributed by atoms with E-state index in [1.54, 1.807) is 6.92 Å². The summed E-state index contributed by atoms with van der Waals surface area (Å²) in [6.45, 7) is 1.72. The maximum Gasteiger partial charge on any atom is 0.337 e. The maximum absolute atomic E-state index is 13.6. The number of benzene rings is 1. The predicted octanol–water partition coefficient (Wildman–Crippen LogP) is 3.03. The molecule has 98 valence electrons. The van der Waals surface area contributed by atoms with Crippen molar-refractivity contribution in [2.75, 3.05) is 7.11 Å². The van der Waals surface area contributed by atoms with Crippen LogP contribution in [0.3, 0.4) is 0 Å². The summed E-state index contributed by atoms with van der Waals surface area (Å²) in [5, 5.41) is 0.286. The molecule has 0 bridgehead atoms. The molecule has 0 radical (unpaired) electrons. The molecular weight excluding hydrogens is 271 g/mol. The number of hydrogen-bond acceptors (Lipinski definition) is 4. The summed E-state index contributed by atoms with van der Waals surface area (Å²) >= 11 is 5.90. The van der Waals surface area contributed by atoms with Crippen molar-refractivity contribution in [3.05, 3.63) is 46.6 Å². The highest BCUT2D eigenvalue weighted by Gasteiger charge is 2.13. The molecule has 4 nitrogen and oxygen atoms in total. The zero-order chi connectivity index (χ0) is 14.0. The largest absolute Gasteiger partial charge is 0.465 e. The van der Waals surface area contributed by atoms with Gasteiger partial charge >= 0.3 is 5.97 Å². The molecule has 2 aromatic rings. The lowest BCUT2D eigenvalue weighted by Crippen LogP contribution is -2.03. The zero-order valence-corrected chi connectivity index (χ0v) is 11.0. The molecule has 1 aromatic heterocycles. The van der Waals surface area contributed by atoms with Gasteiger partial charge in [0.25, 0.3) is 0 Å². The molecule has 2 rings (SSSR count). The van der Waals surface area contributed by atoms with Gasteiger partial charge in [-0.15, -0.1) is 0 Å². The van der Waals surface area contributed by atoms with Crippen LogP contribution in [0.4, 0.5) is 4.39 Å². The molecule has 0 saturated carbocycles. The first-order chi connectivity index (χ1) is 9.02. The van der Waals surface area contributed by atoms with Crippen LogP contribution in [0, 0.1) is 12.7 Å². The number of esters is 1. The van der Waals surface area contributed by atoms with E-state index in [9.17, 15) is 9.18 Å². The molecule has 19 heavy (non-hydrogen) atoms. The van der Waals surface area contributed by atoms with Gasteiger partial charge in [-0.2, -0.15) is 0 Å². The fraction of sp³-hybridized carbons (Fsp3) is 0.154. The third-order valence-corrected chi connectivity index (χ3v) is 3.00. The van der Waals surface area contributed by atoms with E-state index >= 15 is 0 Å². The molecule has 0 aliphatic rings. The molecule has 0 amide bonds. The van der Waals surface area contributed by atoms with Crippen molar-refractivity contribution < 1.29 is 13.9 Å². The van der Waals surface area contributed by atoms with E-state index in [1.165, 1.54) is 25.6 Å². The summed E-state index contributed by atoms with van der Waals surface area (Å²) < 4.78 is 18.1. The lowest BCUT2D eigenvalue weighted by Gasteiger charge is -2.07. The third kappa shape index (κ3) is 2.71. The van der Waals surface area contributed by atoms with Gasteiger partial charge in [-0.05, 0) is 25.1 Å². The van der Waals surface area contributed by atoms with Gasteiger partial charge in [0.15, 0.2) is 0 Å². The van der Waals surface area contributed by atoms with Gasteiger partial charge in [0.2, 0.25) is 0 Å². The Balaban J connectivity index is 2.59. The molecule has 0 aliphatic heterocycles. The summed E-state index contributed by atoms with van der Waals surface area (Å²) in [7, 11) is 1.24. The van der Waals surface area contributed by atoms with Crippen molar-refractivity contribution in [2.45, 2.75) is 6.92 Å². The van der Waals surface area contributed by atoms with Crippen molar-refractivity contribution in [3.63, 3.8) is 0 Å². The van der Waals surface area contributed by atoms with Crippen LogP contribution in [0.5, 0.6) is 0 Å². The average molecular weight is 281 g/mol. The lowest BCUT2D eigenvalue weighted by molar-refractivity contribution is 0.0600. The average Bonchev–Trinajstić information content (AvgIpc) is 2.40. The van der Waals surface area contributed by atoms with Crippen molar-refractivity contribution in [1.82, 2.24) is 9.97 Å². The Morgan fingerprint density at radius 3 is 2.74 bits per heavy atom. The van der Waals surface area contributed by atoms with Gasteiger partial charge in [0.05, 0.1) is 18.4 Å². The van der Waals surface area contributed by atoms with Gasteiger partial charge in [-0.3, -0.25) is 0 Å². The Morgan fingerprint density at radius 1 is 1.32 bits per heavy atom. The van der Waals surface area contributed by atoms with E-state index in [2.05, 4.69) is 14.7 Å². The molecule has 6 heteroatoms. The topological polar surface area (TPSA) is 52.1 Å². The number of aromatic nitrogens is 2. The molecule has 0 fully saturated rings. The van der Waals surface area contributed by atoms with Crippen molar-refractivity contribution in [3.8, 4) is 11.3 Å². The maximum atomic E-state index is 13.6. The van der Waals surface area contributed by atoms with Gasteiger partial charge in [-0.25, -0.2) is 19.2 Å². The van der Waals surface area contributed by atoms with Crippen LogP contribution in [0.15, 0.2) is 24.5 Å². The van der Waals surface area contributed by atoms with Gasteiger partial charge < -0.3 is 4.74 Å². The molecule has 1 heterocycles. The number of nitrogens with zero attached hydrogens (tertiary/aromatic N) is 2. The van der Waals surface area contributed by atoms with Gasteiger partial charge in [0, 0.05) is 11.1 Å². The molecule has 0 aliphatic carbocycles. The third-order valence-electron chi connectivity index (χ3n) is 2.61. The van der Waals surface area contributed by atoms with Crippen LogP contribution in [0.1, 0.15) is 15.9 Å². The fourth-order valence-corrected chi connectivity index (χ4v) is 1.81. The van der Waals surface area contributed by atoms with Gasteiger partial charge in [-0.1, -0.05) is 11.6 Å². The summed E-state index contributed by atoms with van der Waals surface area (Å²) in [4.78, 5) is 19.3. The number of rotatable bonds is 2. The van der Waals surface area contributed by atoms with Crippen LogP contribution >= 0.6 is 11.6 Å². The second-order valence-electron chi connectivity index (χ2n) is 3.86. The van der Waals surface area contributed by atoms with Crippen molar-refractivity contribution in [1.29, 1.82) is 0 Å². The van der Waals surface area contributed by atoms with Crippen LogP contribution in [0.2, 0.25) is 5.15 Å². The summed E-state index contributed by atoms with van der Waals surface area (Å²) in [6, 6.07) is 3.88. The highest BCUT2D eigenvalue weighted by molar-refractivity contribution is 6.30. The first kappa shape index (κ1) is 13.4. The number of halogens is 2. The number of carbonyl (C=O) groups excluding carboxylic acids is 1. The molecular formula is C13H10ClFN2O2. The monoisotopic (exact) mass is 280 g/mol. The Hall–Kier alpha value is -2.01. The highest BCUT2D eigenvalue weighted by atomic mass is 35.5. The first-order valence-corrected chi connectivity index (χ1v) is 5.77. The molecule has 0 unspecified atom stereocenters. The zero-order valence-electron chi connectivity index (χ0n) is 10.3. The second-order valence-corrected chi connectivity index (χ2v) is 4.22. The highest BCUT2D eigenvalue weighted by Crippen LogP contribution is 2.26. The lowest BCUT2D eigenvalue weighted by atomic mass is 10.0. The Bertz CT molecular complexity index is 647. The Kier molecular flexibility index (Phi) is 3.76. The molecule has 0 atom stereocenters. The Labute approximate surface area is 114 Å². The summed E-state index contributed by atoms with van der Waals surface area (Å²) in [5.41, 5.74) is 1.66. The van der Waals surface area contributed by atoms with Crippen LogP contribution in [-0.2, 0) is 4.74 Å². The molecule has 0 N–H and O–H groups in total. The van der Waals surface area contributed by atoms with E-state index in [-0.39, 0.29) is 10.7 Å². The fourth-order valence-electron chi connectivity index (χ4n) is 1.68. The number of hydrogen-bond donors (Lipinski definition) is 0. The summed E-state index contributed by atoms with van der Waals surface area (Å²) in [6.07, 6.45) is 1.29. The molecule has 0 spiro atoms. The first-order valence-electron chi connectivity index (χ1n) is 5.39. The van der Waals surface area contributed by atoms with E-state index in [0.29, 0.717) is 16.8 Å². The minimum absolute atomic E-state index is 0.117. The minimum Gasteiger partial charge on any atom is -0.465 e. The van der Waals surface area contributed by atoms with E-state index < -0.39 is 11.8 Å². The van der Waals surface area contributed by atoms with Crippen LogP contribution < -0.4 is 0 Å². The number of ether oxygens (including phenoxy) is 1. The summed E-state index contributed by atoms with van der Waals surface area (Å²) in [5.74, 6) is -1.16. The van der Waals surface area contributed by atoms with E-state index in [1.807, 2.05) is 0 Å². The quantitative estimate of drug-likeness (QED) is 0.627. The normalized spacial score (nSPS) is 10.3. The van der Waals surface area contributed by atoms with Crippen molar-refractivity contribution in [2.24, 2.45) is 0 Å². The second kappa shape index (κ2) is 5.32. The standard InChI is InChI=1S/C13H10ClFN2O2/c1-7-11(16-6-17-12(7)14)8-3-9(13(18)19-2)5-10(15)4-8/h3-6H,1-2H3. The van der Waals surface area contributed by atoms with E-state index in [4.69, 9.17) is 11.6 Å². The van der Waals surface area contributed by atoms with E-state index in [0.717, 1.165) is 6.07 Å². The predicted molar refractivity (Wildman–Crippen MR) is 68.5 cm³/mol. The molecule has 1 aromatic carbocycles. The number of carbonyl (C=O) groups is 1. The Morgan fingerprint density at radius 2 is 2.05 bits per heavy atom. The van der Waals surface area contributed by atoms with Gasteiger partial charge in [0.1, 0.15) is 17.3 Å². The smallest absolute Gasteiger partial charge is 0.337 e. The van der Waals surface area contributed by atoms with Crippen LogP contribution in [-0.4, -0.2) is 23.0 Å². The van der Waals surface area contributed by atoms with Crippen LogP contribution in [0.25, 0.3) is 11.3 Å². The molecule has 0 saturated heterocycles. The van der Waals surface area contributed by atoms with Crippen molar-refractivity contribution >= 4 is 17.6 Å². The SMILES string of the molecule is COC(=O)c1cc(F)cc(-c2ncnc(Cl)c2C)c1. The minimum atomic E-state index is -0.612. The number of methoxy groups -OCH3 is 1.